The first-order valence-corrected chi connectivity index (χ1v) is 7.17. The van der Waals surface area contributed by atoms with Crippen molar-refractivity contribution in [1.82, 2.24) is 14.3 Å². The number of hydrogen-bond acceptors (Lipinski definition) is 6. The van der Waals surface area contributed by atoms with Crippen LogP contribution in [0.25, 0.3) is 0 Å². The summed E-state index contributed by atoms with van der Waals surface area (Å²) in [5.41, 5.74) is 5.95. The molecule has 108 valence electrons. The van der Waals surface area contributed by atoms with Gasteiger partial charge in [-0.15, -0.1) is 0 Å². The zero-order valence-corrected chi connectivity index (χ0v) is 12.1. The van der Waals surface area contributed by atoms with E-state index >= 15 is 0 Å². The summed E-state index contributed by atoms with van der Waals surface area (Å²) >= 11 is 0. The van der Waals surface area contributed by atoms with Gasteiger partial charge < -0.3 is 10.5 Å². The number of nitrogens with one attached hydrogen (secondary N) is 1. The quantitative estimate of drug-likeness (QED) is 0.715. The molecule has 0 saturated heterocycles. The fourth-order valence-corrected chi connectivity index (χ4v) is 2.16. The zero-order chi connectivity index (χ0) is 14.5. The first kappa shape index (κ1) is 15.6. The summed E-state index contributed by atoms with van der Waals surface area (Å²) in [5.74, 6) is 0.284. The second kappa shape index (κ2) is 6.64. The molecule has 0 aromatic carbocycles. The van der Waals surface area contributed by atoms with E-state index < -0.39 is 10.2 Å². The largest absolute Gasteiger partial charge is 0.481 e. The normalized spacial score (nSPS) is 11.6. The molecule has 19 heavy (non-hydrogen) atoms. The third-order valence-electron chi connectivity index (χ3n) is 2.35. The first-order valence-electron chi connectivity index (χ1n) is 5.73. The highest BCUT2D eigenvalue weighted by molar-refractivity contribution is 7.90. The van der Waals surface area contributed by atoms with E-state index in [4.69, 9.17) is 10.5 Å². The summed E-state index contributed by atoms with van der Waals surface area (Å²) in [6, 6.07) is 1.61. The highest BCUT2D eigenvalue weighted by Gasteiger charge is 2.18. The molecule has 9 heteroatoms. The number of anilines is 1. The minimum atomic E-state index is -3.68. The number of aromatic nitrogens is 2. The minimum absolute atomic E-state index is 0.0172. The number of ether oxygens (including phenoxy) is 1. The van der Waals surface area contributed by atoms with Crippen LogP contribution in [0.5, 0.6) is 5.88 Å². The lowest BCUT2D eigenvalue weighted by Crippen LogP contribution is -2.34. The fraction of sp³-hybridized carbons (Fsp3) is 0.600. The molecule has 1 rings (SSSR count). The summed E-state index contributed by atoms with van der Waals surface area (Å²) in [7, 11) is -0.765. The predicted molar refractivity (Wildman–Crippen MR) is 72.2 cm³/mol. The predicted octanol–water partition coefficient (Wildman–Crippen LogP) is -0.269. The molecule has 0 spiro atoms. The summed E-state index contributed by atoms with van der Waals surface area (Å²) < 4.78 is 32.4. The van der Waals surface area contributed by atoms with Crippen molar-refractivity contribution in [2.75, 3.05) is 32.0 Å². The number of nitrogens with two attached hydrogens (primary N) is 1. The van der Waals surface area contributed by atoms with E-state index in [0.29, 0.717) is 31.1 Å². The molecule has 3 N–H and O–H groups in total. The Kier molecular flexibility index (Phi) is 5.45. The van der Waals surface area contributed by atoms with Gasteiger partial charge in [0.05, 0.1) is 7.11 Å². The average molecular weight is 289 g/mol. The molecular weight excluding hydrogens is 270 g/mol. The van der Waals surface area contributed by atoms with Crippen LogP contribution in [0.2, 0.25) is 0 Å². The maximum Gasteiger partial charge on any atom is 0.303 e. The van der Waals surface area contributed by atoms with Gasteiger partial charge in [-0.25, -0.2) is 9.71 Å². The number of aryl methyl sites for hydroxylation is 1. The summed E-state index contributed by atoms with van der Waals surface area (Å²) in [4.78, 5) is 7.92. The van der Waals surface area contributed by atoms with E-state index in [2.05, 4.69) is 14.7 Å². The van der Waals surface area contributed by atoms with Gasteiger partial charge in [-0.05, 0) is 19.9 Å². The Morgan fingerprint density at radius 2 is 2.16 bits per heavy atom. The number of hydrogen-bond donors (Lipinski definition) is 2. The number of rotatable bonds is 7. The van der Waals surface area contributed by atoms with E-state index in [1.54, 1.807) is 13.0 Å². The van der Waals surface area contributed by atoms with Crippen LogP contribution < -0.4 is 15.2 Å². The molecule has 0 aliphatic rings. The van der Waals surface area contributed by atoms with Crippen LogP contribution in [0, 0.1) is 6.92 Å². The van der Waals surface area contributed by atoms with Crippen molar-refractivity contribution in [3.8, 4) is 5.88 Å². The molecule has 0 amide bonds. The second-order valence-corrected chi connectivity index (χ2v) is 5.72. The molecule has 8 nitrogen and oxygen atoms in total. The Labute approximate surface area is 113 Å². The topological polar surface area (TPSA) is 110 Å². The maximum atomic E-state index is 12.0. The van der Waals surface area contributed by atoms with Crippen LogP contribution in [-0.4, -0.2) is 49.9 Å². The van der Waals surface area contributed by atoms with Gasteiger partial charge in [-0.2, -0.15) is 17.7 Å². The van der Waals surface area contributed by atoms with Crippen LogP contribution in [0.4, 0.5) is 5.95 Å². The maximum absolute atomic E-state index is 12.0. The van der Waals surface area contributed by atoms with Crippen molar-refractivity contribution >= 4 is 16.2 Å². The highest BCUT2D eigenvalue weighted by Crippen LogP contribution is 2.13. The smallest absolute Gasteiger partial charge is 0.303 e. The molecule has 0 radical (unpaired) electrons. The molecule has 0 aliphatic carbocycles. The van der Waals surface area contributed by atoms with Crippen molar-refractivity contribution in [3.63, 3.8) is 0 Å². The fourth-order valence-electron chi connectivity index (χ4n) is 1.32. The van der Waals surface area contributed by atoms with Crippen molar-refractivity contribution in [3.05, 3.63) is 11.8 Å². The minimum Gasteiger partial charge on any atom is -0.481 e. The van der Waals surface area contributed by atoms with Crippen molar-refractivity contribution in [2.45, 2.75) is 13.3 Å². The van der Waals surface area contributed by atoms with E-state index in [0.717, 1.165) is 4.31 Å². The molecular formula is C10H19N5O3S. The SMILES string of the molecule is COc1cc(C)nc(NS(=O)(=O)N(C)CCCN)n1. The van der Waals surface area contributed by atoms with Gasteiger partial charge in [0.15, 0.2) is 0 Å². The average Bonchev–Trinajstić information content (AvgIpc) is 2.34. The van der Waals surface area contributed by atoms with Gasteiger partial charge in [0.25, 0.3) is 0 Å². The van der Waals surface area contributed by atoms with Gasteiger partial charge in [0.2, 0.25) is 11.8 Å². The molecule has 0 bridgehead atoms. The Bertz CT molecular complexity index is 520. The van der Waals surface area contributed by atoms with E-state index in [1.165, 1.54) is 14.2 Å². The third-order valence-corrected chi connectivity index (χ3v) is 3.79. The number of methoxy groups -OCH3 is 1. The Hall–Kier alpha value is -1.45. The molecule has 0 aliphatic heterocycles. The Morgan fingerprint density at radius 3 is 2.74 bits per heavy atom. The lowest BCUT2D eigenvalue weighted by Gasteiger charge is -2.17. The molecule has 0 saturated carbocycles. The number of nitrogens with zero attached hydrogens (tertiary/aromatic N) is 3. The first-order chi connectivity index (χ1) is 8.89. The van der Waals surface area contributed by atoms with Gasteiger partial charge in [0, 0.05) is 25.4 Å². The highest BCUT2D eigenvalue weighted by atomic mass is 32.2. The Balaban J connectivity index is 2.85. The molecule has 0 unspecified atom stereocenters. The van der Waals surface area contributed by atoms with Crippen LogP contribution in [0.1, 0.15) is 12.1 Å². The van der Waals surface area contributed by atoms with Crippen LogP contribution in [0.15, 0.2) is 6.07 Å². The third kappa shape index (κ3) is 4.62. The van der Waals surface area contributed by atoms with Crippen LogP contribution >= 0.6 is 0 Å². The summed E-state index contributed by atoms with van der Waals surface area (Å²) in [6.45, 7) is 2.48. The van der Waals surface area contributed by atoms with Gasteiger partial charge in [-0.3, -0.25) is 0 Å². The molecule has 1 heterocycles. The Morgan fingerprint density at radius 1 is 1.47 bits per heavy atom. The van der Waals surface area contributed by atoms with E-state index in [9.17, 15) is 8.42 Å². The zero-order valence-electron chi connectivity index (χ0n) is 11.3. The van der Waals surface area contributed by atoms with Gasteiger partial charge in [-0.1, -0.05) is 0 Å². The monoisotopic (exact) mass is 289 g/mol. The van der Waals surface area contributed by atoms with Gasteiger partial charge >= 0.3 is 10.2 Å². The van der Waals surface area contributed by atoms with Crippen molar-refractivity contribution < 1.29 is 13.2 Å². The molecule has 0 atom stereocenters. The van der Waals surface area contributed by atoms with E-state index in [1.807, 2.05) is 0 Å². The summed E-state index contributed by atoms with van der Waals surface area (Å²) in [6.07, 6.45) is 0.579. The molecule has 0 fully saturated rings. The van der Waals surface area contributed by atoms with Gasteiger partial charge in [0.1, 0.15) is 0 Å². The molecule has 1 aromatic rings. The standard InChI is InChI=1S/C10H19N5O3S/c1-8-7-9(18-3)13-10(12-8)14-19(16,17)15(2)6-4-5-11/h7H,4-6,11H2,1-3H3,(H,12,13,14). The van der Waals surface area contributed by atoms with E-state index in [-0.39, 0.29) is 5.95 Å². The lowest BCUT2D eigenvalue weighted by atomic mass is 10.4. The summed E-state index contributed by atoms with van der Waals surface area (Å²) in [5, 5.41) is 0. The molecule has 1 aromatic heterocycles. The van der Waals surface area contributed by atoms with Crippen molar-refractivity contribution in [1.29, 1.82) is 0 Å². The van der Waals surface area contributed by atoms with Crippen LogP contribution in [-0.2, 0) is 10.2 Å². The second-order valence-electron chi connectivity index (χ2n) is 3.95. The van der Waals surface area contributed by atoms with Crippen molar-refractivity contribution in [2.24, 2.45) is 5.73 Å². The lowest BCUT2D eigenvalue weighted by molar-refractivity contribution is 0.397. The van der Waals surface area contributed by atoms with Crippen LogP contribution in [0.3, 0.4) is 0 Å².